The Hall–Kier alpha value is -1.72. The lowest BCUT2D eigenvalue weighted by atomic mass is 10.0. The number of ether oxygens (including phenoxy) is 1. The molecule has 4 atom stereocenters. The van der Waals surface area contributed by atoms with Gasteiger partial charge in [-0.3, -0.25) is 0 Å². The molecule has 2 aromatic rings. The molecule has 0 bridgehead atoms. The molecule has 29 heavy (non-hydrogen) atoms. The number of rotatable bonds is 7. The highest BCUT2D eigenvalue weighted by Gasteiger charge is 2.41. The fraction of sp³-hybridized carbons (Fsp3) is 0.565. The Morgan fingerprint density at radius 3 is 2.59 bits per heavy atom. The van der Waals surface area contributed by atoms with Gasteiger partial charge in [-0.2, -0.15) is 0 Å². The second kappa shape index (κ2) is 8.97. The molecule has 1 saturated heterocycles. The zero-order valence-corrected chi connectivity index (χ0v) is 17.9. The molecule has 2 unspecified atom stereocenters. The van der Waals surface area contributed by atoms with Crippen molar-refractivity contribution in [2.75, 3.05) is 26.2 Å². The van der Waals surface area contributed by atoms with Gasteiger partial charge >= 0.3 is 0 Å². The van der Waals surface area contributed by atoms with Crippen LogP contribution in [-0.4, -0.2) is 41.3 Å². The van der Waals surface area contributed by atoms with E-state index in [2.05, 4.69) is 28.9 Å². The van der Waals surface area contributed by atoms with Crippen LogP contribution in [0.4, 0.5) is 4.39 Å². The van der Waals surface area contributed by atoms with Gasteiger partial charge < -0.3 is 9.64 Å². The Morgan fingerprint density at radius 1 is 1.17 bits per heavy atom. The summed E-state index contributed by atoms with van der Waals surface area (Å²) in [5.41, 5.74) is 1.08. The summed E-state index contributed by atoms with van der Waals surface area (Å²) in [4.78, 5) is 2.66. The predicted octanol–water partition coefficient (Wildman–Crippen LogP) is 5.32. The molecule has 6 heteroatoms. The monoisotopic (exact) mass is 417 g/mol. The van der Waals surface area contributed by atoms with Crippen molar-refractivity contribution in [1.29, 1.82) is 0 Å². The predicted molar refractivity (Wildman–Crippen MR) is 114 cm³/mol. The van der Waals surface area contributed by atoms with Gasteiger partial charge in [0.2, 0.25) is 5.88 Å². The molecule has 2 heterocycles. The first-order valence-corrected chi connectivity index (χ1v) is 11.0. The second-order valence-electron chi connectivity index (χ2n) is 8.78. The third-order valence-corrected chi connectivity index (χ3v) is 6.83. The minimum atomic E-state index is -0.346. The van der Waals surface area contributed by atoms with Crippen molar-refractivity contribution in [3.63, 3.8) is 0 Å². The first-order valence-electron chi connectivity index (χ1n) is 10.7. The number of hydrogen-bond donors (Lipinski definition) is 0. The standard InChI is InChI=1S/C23H29ClFN3O/c1-3-15(2)11-28-12-17-8-16(9-18(17)13-28)14-29-23-7-6-22(26-27-23)20-10-19(25)4-5-21(20)24/h4-7,10,15-18H,3,8-9,11-14H2,1-2H3/t15?,16?,17-,18+. The number of benzene rings is 1. The third-order valence-electron chi connectivity index (χ3n) is 6.50. The lowest BCUT2D eigenvalue weighted by molar-refractivity contribution is 0.213. The van der Waals surface area contributed by atoms with Crippen LogP contribution in [0.2, 0.25) is 5.02 Å². The molecule has 0 amide bonds. The zero-order chi connectivity index (χ0) is 20.4. The normalized spacial score (nSPS) is 25.2. The van der Waals surface area contributed by atoms with E-state index in [9.17, 15) is 4.39 Å². The summed E-state index contributed by atoms with van der Waals surface area (Å²) in [6.45, 7) is 9.04. The van der Waals surface area contributed by atoms with Crippen molar-refractivity contribution in [2.24, 2.45) is 23.7 Å². The van der Waals surface area contributed by atoms with Gasteiger partial charge in [0.25, 0.3) is 0 Å². The molecule has 1 aromatic carbocycles. The minimum absolute atomic E-state index is 0.346. The molecule has 0 N–H and O–H groups in total. The van der Waals surface area contributed by atoms with Crippen LogP contribution in [0.1, 0.15) is 33.1 Å². The molecular formula is C23H29ClFN3O. The van der Waals surface area contributed by atoms with E-state index in [0.717, 1.165) is 17.8 Å². The van der Waals surface area contributed by atoms with Gasteiger partial charge in [-0.1, -0.05) is 31.9 Å². The molecule has 1 aliphatic carbocycles. The average molecular weight is 418 g/mol. The molecule has 0 spiro atoms. The van der Waals surface area contributed by atoms with E-state index in [4.69, 9.17) is 16.3 Å². The first kappa shape index (κ1) is 20.5. The molecule has 2 aliphatic rings. The van der Waals surface area contributed by atoms with Crippen molar-refractivity contribution in [3.8, 4) is 17.1 Å². The lowest BCUT2D eigenvalue weighted by Gasteiger charge is -2.21. The Bertz CT molecular complexity index is 817. The van der Waals surface area contributed by atoms with Gasteiger partial charge in [-0.15, -0.1) is 10.2 Å². The molecule has 1 aromatic heterocycles. The van der Waals surface area contributed by atoms with Gasteiger partial charge in [0.1, 0.15) is 5.82 Å². The summed E-state index contributed by atoms with van der Waals surface area (Å²) < 4.78 is 19.4. The number of aromatic nitrogens is 2. The number of hydrogen-bond acceptors (Lipinski definition) is 4. The highest BCUT2D eigenvalue weighted by Crippen LogP contribution is 2.41. The summed E-state index contributed by atoms with van der Waals surface area (Å²) in [6.07, 6.45) is 3.74. The van der Waals surface area contributed by atoms with Crippen LogP contribution in [0, 0.1) is 29.5 Å². The van der Waals surface area contributed by atoms with Crippen LogP contribution in [0.15, 0.2) is 30.3 Å². The molecule has 156 valence electrons. The Kier molecular flexibility index (Phi) is 6.35. The van der Waals surface area contributed by atoms with Gasteiger partial charge in [0, 0.05) is 31.3 Å². The summed E-state index contributed by atoms with van der Waals surface area (Å²) >= 11 is 6.14. The largest absolute Gasteiger partial charge is 0.476 e. The molecule has 4 nitrogen and oxygen atoms in total. The lowest BCUT2D eigenvalue weighted by Crippen LogP contribution is -2.27. The Labute approximate surface area is 177 Å². The van der Waals surface area contributed by atoms with E-state index in [1.54, 1.807) is 12.1 Å². The third kappa shape index (κ3) is 4.89. The zero-order valence-electron chi connectivity index (χ0n) is 17.2. The number of halogens is 2. The molecular weight excluding hydrogens is 389 g/mol. The Balaban J connectivity index is 1.27. The SMILES string of the molecule is CCC(C)CN1C[C@H]2CC(COc3ccc(-c4cc(F)ccc4Cl)nn3)C[C@H]2C1. The van der Waals surface area contributed by atoms with Gasteiger partial charge in [-0.25, -0.2) is 4.39 Å². The maximum absolute atomic E-state index is 13.5. The van der Waals surface area contributed by atoms with Crippen molar-refractivity contribution in [3.05, 3.63) is 41.2 Å². The van der Waals surface area contributed by atoms with Gasteiger partial charge in [-0.05, 0) is 60.8 Å². The highest BCUT2D eigenvalue weighted by atomic mass is 35.5. The van der Waals surface area contributed by atoms with E-state index >= 15 is 0 Å². The number of likely N-dealkylation sites (tertiary alicyclic amines) is 1. The quantitative estimate of drug-likeness (QED) is 0.611. The van der Waals surface area contributed by atoms with Crippen LogP contribution >= 0.6 is 11.6 Å². The van der Waals surface area contributed by atoms with Crippen molar-refractivity contribution >= 4 is 11.6 Å². The first-order chi connectivity index (χ1) is 14.0. The van der Waals surface area contributed by atoms with Crippen molar-refractivity contribution in [2.45, 2.75) is 33.1 Å². The smallest absolute Gasteiger partial charge is 0.233 e. The van der Waals surface area contributed by atoms with Crippen molar-refractivity contribution in [1.82, 2.24) is 15.1 Å². The average Bonchev–Trinajstić information content (AvgIpc) is 3.26. The maximum Gasteiger partial charge on any atom is 0.233 e. The molecule has 0 radical (unpaired) electrons. The molecule has 1 saturated carbocycles. The van der Waals surface area contributed by atoms with E-state index < -0.39 is 0 Å². The Morgan fingerprint density at radius 2 is 1.93 bits per heavy atom. The highest BCUT2D eigenvalue weighted by molar-refractivity contribution is 6.33. The number of nitrogens with zero attached hydrogens (tertiary/aromatic N) is 3. The topological polar surface area (TPSA) is 38.2 Å². The molecule has 2 fully saturated rings. The fourth-order valence-corrected chi connectivity index (χ4v) is 5.03. The maximum atomic E-state index is 13.5. The van der Waals surface area contributed by atoms with Crippen LogP contribution in [0.5, 0.6) is 5.88 Å². The summed E-state index contributed by atoms with van der Waals surface area (Å²) in [5.74, 6) is 3.18. The van der Waals surface area contributed by atoms with Gasteiger partial charge in [0.05, 0.1) is 17.3 Å². The van der Waals surface area contributed by atoms with Crippen LogP contribution < -0.4 is 4.74 Å². The second-order valence-corrected chi connectivity index (χ2v) is 9.19. The van der Waals surface area contributed by atoms with Crippen LogP contribution in [-0.2, 0) is 0 Å². The molecule has 1 aliphatic heterocycles. The van der Waals surface area contributed by atoms with Crippen LogP contribution in [0.3, 0.4) is 0 Å². The minimum Gasteiger partial charge on any atom is -0.476 e. The van der Waals surface area contributed by atoms with E-state index in [1.165, 1.54) is 57.1 Å². The van der Waals surface area contributed by atoms with E-state index in [-0.39, 0.29) is 5.82 Å². The van der Waals surface area contributed by atoms with E-state index in [1.807, 2.05) is 0 Å². The summed E-state index contributed by atoms with van der Waals surface area (Å²) in [5, 5.41) is 8.77. The number of fused-ring (bicyclic) bond motifs is 1. The van der Waals surface area contributed by atoms with Gasteiger partial charge in [0.15, 0.2) is 0 Å². The van der Waals surface area contributed by atoms with Crippen LogP contribution in [0.25, 0.3) is 11.3 Å². The summed E-state index contributed by atoms with van der Waals surface area (Å²) in [7, 11) is 0. The fourth-order valence-electron chi connectivity index (χ4n) is 4.82. The summed E-state index contributed by atoms with van der Waals surface area (Å²) in [6, 6.07) is 7.79. The van der Waals surface area contributed by atoms with Crippen molar-refractivity contribution < 1.29 is 9.13 Å². The van der Waals surface area contributed by atoms with E-state index in [0.29, 0.717) is 34.7 Å². The molecule has 4 rings (SSSR count).